The van der Waals surface area contributed by atoms with Gasteiger partial charge in [-0.1, -0.05) is 48.0 Å². The summed E-state index contributed by atoms with van der Waals surface area (Å²) in [6.45, 7) is 3.42. The van der Waals surface area contributed by atoms with Gasteiger partial charge < -0.3 is 4.74 Å². The molecule has 0 aliphatic rings. The van der Waals surface area contributed by atoms with Crippen LogP contribution in [0.15, 0.2) is 71.6 Å². The predicted molar refractivity (Wildman–Crippen MR) is 113 cm³/mol. The minimum atomic E-state index is -4.29. The Morgan fingerprint density at radius 2 is 1.55 bits per heavy atom. The third kappa shape index (κ3) is 5.08. The van der Waals surface area contributed by atoms with Gasteiger partial charge in [0, 0.05) is 0 Å². The van der Waals surface area contributed by atoms with Gasteiger partial charge in [0.05, 0.1) is 29.8 Å². The zero-order valence-electron chi connectivity index (χ0n) is 17.1. The van der Waals surface area contributed by atoms with Crippen molar-refractivity contribution in [3.63, 3.8) is 0 Å². The van der Waals surface area contributed by atoms with E-state index in [1.807, 2.05) is 30.3 Å². The molecular weight excluding hydrogens is 427 g/mol. The molecule has 3 aromatic carbocycles. The first-order chi connectivity index (χ1) is 14.7. The first-order valence-corrected chi connectivity index (χ1v) is 11.0. The summed E-state index contributed by atoms with van der Waals surface area (Å²) < 4.78 is 75.1. The number of ether oxygens (including phenoxy) is 1. The molecule has 31 heavy (non-hydrogen) atoms. The number of halogens is 3. The van der Waals surface area contributed by atoms with Crippen LogP contribution in [0, 0.1) is 24.4 Å². The molecule has 4 nitrogen and oxygen atoms in total. The van der Waals surface area contributed by atoms with Crippen LogP contribution in [0.25, 0.3) is 0 Å². The first kappa shape index (κ1) is 22.8. The molecule has 0 radical (unpaired) electrons. The van der Waals surface area contributed by atoms with Gasteiger partial charge in [0.25, 0.3) is 10.0 Å². The van der Waals surface area contributed by atoms with Gasteiger partial charge in [0.15, 0.2) is 17.5 Å². The Kier molecular flexibility index (Phi) is 7.02. The van der Waals surface area contributed by atoms with Crippen LogP contribution in [0.4, 0.5) is 18.9 Å². The molecule has 0 saturated carbocycles. The smallest absolute Gasteiger partial charge is 0.264 e. The normalized spacial score (nSPS) is 12.5. The SMILES string of the molecule is Cc1ccc(S(=O)(=O)N(c2ccc(F)c(F)c2F)C(C)COCc2ccccc2)cc1. The second-order valence-corrected chi connectivity index (χ2v) is 8.97. The van der Waals surface area contributed by atoms with Crippen molar-refractivity contribution in [1.82, 2.24) is 0 Å². The topological polar surface area (TPSA) is 46.6 Å². The van der Waals surface area contributed by atoms with Crippen molar-refractivity contribution in [2.75, 3.05) is 10.9 Å². The molecule has 0 heterocycles. The van der Waals surface area contributed by atoms with E-state index < -0.39 is 39.2 Å². The van der Waals surface area contributed by atoms with E-state index in [1.165, 1.54) is 19.1 Å². The molecule has 0 bridgehead atoms. The van der Waals surface area contributed by atoms with Crippen LogP contribution >= 0.6 is 0 Å². The minimum absolute atomic E-state index is 0.0988. The van der Waals surface area contributed by atoms with Crippen molar-refractivity contribution in [2.24, 2.45) is 0 Å². The molecule has 3 aromatic rings. The summed E-state index contributed by atoms with van der Waals surface area (Å²) in [5.41, 5.74) is 1.13. The highest BCUT2D eigenvalue weighted by molar-refractivity contribution is 7.92. The Morgan fingerprint density at radius 3 is 2.19 bits per heavy atom. The summed E-state index contributed by atoms with van der Waals surface area (Å²) in [6, 6.07) is 15.9. The summed E-state index contributed by atoms with van der Waals surface area (Å²) in [5.74, 6) is -4.72. The molecule has 0 aliphatic carbocycles. The van der Waals surface area contributed by atoms with E-state index in [-0.39, 0.29) is 18.1 Å². The van der Waals surface area contributed by atoms with E-state index in [9.17, 15) is 21.6 Å². The molecule has 1 unspecified atom stereocenters. The third-order valence-electron chi connectivity index (χ3n) is 4.70. The van der Waals surface area contributed by atoms with Gasteiger partial charge in [-0.05, 0) is 43.7 Å². The molecule has 3 rings (SSSR count). The number of aryl methyl sites for hydroxylation is 1. The lowest BCUT2D eigenvalue weighted by molar-refractivity contribution is 0.112. The molecule has 0 saturated heterocycles. The van der Waals surface area contributed by atoms with Crippen molar-refractivity contribution in [3.8, 4) is 0 Å². The zero-order valence-corrected chi connectivity index (χ0v) is 17.9. The molecule has 0 aliphatic heterocycles. The fraction of sp³-hybridized carbons (Fsp3) is 0.217. The number of sulfonamides is 1. The maximum atomic E-state index is 14.6. The van der Waals surface area contributed by atoms with Gasteiger partial charge in [-0.3, -0.25) is 4.31 Å². The monoisotopic (exact) mass is 449 g/mol. The molecule has 0 amide bonds. The number of hydrogen-bond donors (Lipinski definition) is 0. The lowest BCUT2D eigenvalue weighted by Crippen LogP contribution is -2.42. The Labute approximate surface area is 180 Å². The van der Waals surface area contributed by atoms with Gasteiger partial charge >= 0.3 is 0 Å². The van der Waals surface area contributed by atoms with Gasteiger partial charge in [0.1, 0.15) is 0 Å². The van der Waals surface area contributed by atoms with E-state index in [1.54, 1.807) is 19.1 Å². The van der Waals surface area contributed by atoms with Crippen LogP contribution in [0.3, 0.4) is 0 Å². The number of rotatable bonds is 8. The highest BCUT2D eigenvalue weighted by Crippen LogP contribution is 2.31. The Bertz CT molecular complexity index is 1140. The highest BCUT2D eigenvalue weighted by atomic mass is 32.2. The maximum Gasteiger partial charge on any atom is 0.264 e. The summed E-state index contributed by atoms with van der Waals surface area (Å²) in [7, 11) is -4.29. The van der Waals surface area contributed by atoms with Crippen molar-refractivity contribution in [1.29, 1.82) is 0 Å². The molecule has 0 aromatic heterocycles. The highest BCUT2D eigenvalue weighted by Gasteiger charge is 2.33. The van der Waals surface area contributed by atoms with Gasteiger partial charge in [0.2, 0.25) is 0 Å². The quantitative estimate of drug-likeness (QED) is 0.444. The molecule has 8 heteroatoms. The second-order valence-electron chi connectivity index (χ2n) is 7.16. The summed E-state index contributed by atoms with van der Waals surface area (Å²) >= 11 is 0. The molecule has 1 atom stereocenters. The predicted octanol–water partition coefficient (Wildman–Crippen LogP) is 5.21. The summed E-state index contributed by atoms with van der Waals surface area (Å²) in [6.07, 6.45) is 0. The number of anilines is 1. The lowest BCUT2D eigenvalue weighted by Gasteiger charge is -2.31. The molecule has 0 spiro atoms. The van der Waals surface area contributed by atoms with Crippen molar-refractivity contribution >= 4 is 15.7 Å². The molecule has 164 valence electrons. The Hall–Kier alpha value is -2.84. The first-order valence-electron chi connectivity index (χ1n) is 9.58. The number of hydrogen-bond acceptors (Lipinski definition) is 3. The van der Waals surface area contributed by atoms with Gasteiger partial charge in [-0.15, -0.1) is 0 Å². The minimum Gasteiger partial charge on any atom is -0.375 e. The van der Waals surface area contributed by atoms with Crippen LogP contribution in [-0.2, 0) is 21.4 Å². The van der Waals surface area contributed by atoms with E-state index in [2.05, 4.69) is 0 Å². The second kappa shape index (κ2) is 9.53. The van der Waals surface area contributed by atoms with Crippen LogP contribution < -0.4 is 4.31 Å². The molecule has 0 N–H and O–H groups in total. The fourth-order valence-corrected chi connectivity index (χ4v) is 4.74. The van der Waals surface area contributed by atoms with Crippen LogP contribution in [-0.4, -0.2) is 21.1 Å². The number of nitrogens with zero attached hydrogens (tertiary/aromatic N) is 1. The van der Waals surface area contributed by atoms with Crippen LogP contribution in [0.5, 0.6) is 0 Å². The van der Waals surface area contributed by atoms with Crippen molar-refractivity contribution in [3.05, 3.63) is 95.3 Å². The van der Waals surface area contributed by atoms with E-state index >= 15 is 0 Å². The standard InChI is InChI=1S/C23H22F3NO3S/c1-16-8-10-19(11-9-16)31(28,29)27(21-13-12-20(24)22(25)23(21)26)17(2)14-30-15-18-6-4-3-5-7-18/h3-13,17H,14-15H2,1-2H3. The van der Waals surface area contributed by atoms with E-state index in [4.69, 9.17) is 4.74 Å². The zero-order chi connectivity index (χ0) is 22.6. The van der Waals surface area contributed by atoms with E-state index in [0.717, 1.165) is 21.5 Å². The third-order valence-corrected chi connectivity index (χ3v) is 6.64. The fourth-order valence-electron chi connectivity index (χ4n) is 3.10. The maximum absolute atomic E-state index is 14.6. The summed E-state index contributed by atoms with van der Waals surface area (Å²) in [5, 5.41) is 0. The molecule has 0 fully saturated rings. The van der Waals surface area contributed by atoms with Crippen molar-refractivity contribution in [2.45, 2.75) is 31.4 Å². The van der Waals surface area contributed by atoms with Crippen LogP contribution in [0.2, 0.25) is 0 Å². The lowest BCUT2D eigenvalue weighted by atomic mass is 10.2. The Balaban J connectivity index is 1.96. The average Bonchev–Trinajstić information content (AvgIpc) is 2.75. The molecular formula is C23H22F3NO3S. The van der Waals surface area contributed by atoms with Crippen molar-refractivity contribution < 1.29 is 26.3 Å². The number of benzene rings is 3. The van der Waals surface area contributed by atoms with E-state index in [0.29, 0.717) is 6.07 Å². The average molecular weight is 449 g/mol. The van der Waals surface area contributed by atoms with Gasteiger partial charge in [-0.25, -0.2) is 21.6 Å². The largest absolute Gasteiger partial charge is 0.375 e. The Morgan fingerprint density at radius 1 is 0.903 bits per heavy atom. The van der Waals surface area contributed by atoms with Crippen LogP contribution in [0.1, 0.15) is 18.1 Å². The summed E-state index contributed by atoms with van der Waals surface area (Å²) in [4.78, 5) is -0.0999. The van der Waals surface area contributed by atoms with Gasteiger partial charge in [-0.2, -0.15) is 0 Å².